The molecule has 142 valence electrons. The Morgan fingerprint density at radius 3 is 2.50 bits per heavy atom. The monoisotopic (exact) mass is 375 g/mol. The van der Waals surface area contributed by atoms with Gasteiger partial charge >= 0.3 is 0 Å². The van der Waals surface area contributed by atoms with Crippen LogP contribution in [0.3, 0.4) is 0 Å². The molecule has 0 bridgehead atoms. The maximum atomic E-state index is 6.18. The maximum Gasteiger partial charge on any atom is 0.180 e. The summed E-state index contributed by atoms with van der Waals surface area (Å²) in [5.41, 5.74) is 11.2. The molecule has 4 aromatic rings. The second-order valence-electron chi connectivity index (χ2n) is 6.42. The Bertz CT molecular complexity index is 1150. The molecular formula is C21H21N5O2. The van der Waals surface area contributed by atoms with Crippen LogP contribution in [0.4, 0.5) is 5.82 Å². The molecule has 0 amide bonds. The van der Waals surface area contributed by atoms with Crippen molar-refractivity contribution in [1.82, 2.24) is 19.4 Å². The highest BCUT2D eigenvalue weighted by molar-refractivity contribution is 5.73. The number of nitrogen functional groups attached to an aromatic ring is 1. The van der Waals surface area contributed by atoms with E-state index < -0.39 is 0 Å². The van der Waals surface area contributed by atoms with Gasteiger partial charge in [0, 0.05) is 35.9 Å². The van der Waals surface area contributed by atoms with Crippen LogP contribution in [0.25, 0.3) is 28.2 Å². The summed E-state index contributed by atoms with van der Waals surface area (Å²) >= 11 is 0. The Labute approximate surface area is 162 Å². The number of rotatable bonds is 5. The molecule has 0 spiro atoms. The molecule has 0 fully saturated rings. The van der Waals surface area contributed by atoms with E-state index in [0.29, 0.717) is 29.6 Å². The van der Waals surface area contributed by atoms with Crippen LogP contribution < -0.4 is 15.2 Å². The first kappa shape index (κ1) is 17.8. The summed E-state index contributed by atoms with van der Waals surface area (Å²) in [6.45, 7) is 4.50. The van der Waals surface area contributed by atoms with Crippen molar-refractivity contribution in [1.29, 1.82) is 0 Å². The first-order chi connectivity index (χ1) is 13.6. The van der Waals surface area contributed by atoms with Crippen LogP contribution in [0.2, 0.25) is 0 Å². The molecule has 0 unspecified atom stereocenters. The number of aromatic nitrogens is 4. The number of anilines is 1. The van der Waals surface area contributed by atoms with E-state index in [0.717, 1.165) is 28.1 Å². The lowest BCUT2D eigenvalue weighted by atomic mass is 10.1. The quantitative estimate of drug-likeness (QED) is 0.571. The largest absolute Gasteiger partial charge is 0.493 e. The Kier molecular flexibility index (Phi) is 4.57. The molecule has 3 aromatic heterocycles. The average Bonchev–Trinajstić information content (AvgIpc) is 3.13. The number of hydrogen-bond acceptors (Lipinski definition) is 6. The fraction of sp³-hybridized carbons (Fsp3) is 0.190. The van der Waals surface area contributed by atoms with Crippen LogP contribution in [-0.2, 0) is 0 Å². The van der Waals surface area contributed by atoms with Gasteiger partial charge in [-0.1, -0.05) is 0 Å². The smallest absolute Gasteiger partial charge is 0.180 e. The van der Waals surface area contributed by atoms with E-state index in [1.807, 2.05) is 54.9 Å². The van der Waals surface area contributed by atoms with Crippen molar-refractivity contribution < 1.29 is 9.47 Å². The van der Waals surface area contributed by atoms with Gasteiger partial charge < -0.3 is 19.6 Å². The normalized spacial score (nSPS) is 11.0. The van der Waals surface area contributed by atoms with Gasteiger partial charge in [0.1, 0.15) is 0 Å². The third-order valence-corrected chi connectivity index (χ3v) is 4.39. The van der Waals surface area contributed by atoms with Crippen LogP contribution in [0.5, 0.6) is 11.5 Å². The molecule has 0 saturated carbocycles. The van der Waals surface area contributed by atoms with E-state index in [-0.39, 0.29) is 0 Å². The molecule has 0 aliphatic carbocycles. The molecule has 1 aromatic carbocycles. The molecule has 0 radical (unpaired) electrons. The fourth-order valence-corrected chi connectivity index (χ4v) is 3.10. The second-order valence-corrected chi connectivity index (χ2v) is 6.42. The van der Waals surface area contributed by atoms with Gasteiger partial charge in [0.05, 0.1) is 25.1 Å². The Hall–Kier alpha value is -3.61. The minimum absolute atomic E-state index is 0.364. The highest BCUT2D eigenvalue weighted by Gasteiger charge is 2.13. The number of nitrogens with zero attached hydrogens (tertiary/aromatic N) is 4. The first-order valence-corrected chi connectivity index (χ1v) is 8.97. The number of hydrogen-bond donors (Lipinski definition) is 1. The summed E-state index contributed by atoms with van der Waals surface area (Å²) in [7, 11) is 1.62. The molecular weight excluding hydrogens is 354 g/mol. The lowest BCUT2D eigenvalue weighted by molar-refractivity contribution is 0.311. The molecule has 7 heteroatoms. The van der Waals surface area contributed by atoms with Crippen LogP contribution >= 0.6 is 0 Å². The van der Waals surface area contributed by atoms with E-state index in [2.05, 4.69) is 15.0 Å². The average molecular weight is 375 g/mol. The predicted octanol–water partition coefficient (Wildman–Crippen LogP) is 3.76. The minimum Gasteiger partial charge on any atom is -0.493 e. The summed E-state index contributed by atoms with van der Waals surface area (Å²) in [5, 5.41) is 0. The third-order valence-electron chi connectivity index (χ3n) is 4.39. The summed E-state index contributed by atoms with van der Waals surface area (Å²) in [5.74, 6) is 1.73. The molecule has 0 saturated heterocycles. The number of nitrogens with two attached hydrogens (primary N) is 1. The topological polar surface area (TPSA) is 87.6 Å². The van der Waals surface area contributed by atoms with Gasteiger partial charge in [-0.3, -0.25) is 4.98 Å². The number of methoxy groups -OCH3 is 1. The molecule has 0 aliphatic heterocycles. The fourth-order valence-electron chi connectivity index (χ4n) is 3.10. The van der Waals surface area contributed by atoms with Crippen molar-refractivity contribution in [2.45, 2.75) is 13.8 Å². The first-order valence-electron chi connectivity index (χ1n) is 8.97. The van der Waals surface area contributed by atoms with Crippen LogP contribution in [0.15, 0.2) is 49.1 Å². The summed E-state index contributed by atoms with van der Waals surface area (Å²) < 4.78 is 12.9. The number of ether oxygens (including phenoxy) is 2. The number of fused-ring (bicyclic) bond motifs is 1. The Morgan fingerprint density at radius 1 is 1.00 bits per heavy atom. The highest BCUT2D eigenvalue weighted by atomic mass is 16.5. The summed E-state index contributed by atoms with van der Waals surface area (Å²) in [6.07, 6.45) is 7.41. The molecule has 2 N–H and O–H groups in total. The van der Waals surface area contributed by atoms with Crippen LogP contribution in [-0.4, -0.2) is 33.1 Å². The van der Waals surface area contributed by atoms with Gasteiger partial charge in [0.25, 0.3) is 0 Å². The Balaban J connectivity index is 1.79. The maximum absolute atomic E-state index is 6.18. The number of pyridine rings is 1. The molecule has 4 rings (SSSR count). The summed E-state index contributed by atoms with van der Waals surface area (Å²) in [6, 6.07) is 7.76. The van der Waals surface area contributed by atoms with Crippen molar-refractivity contribution in [2.24, 2.45) is 0 Å². The van der Waals surface area contributed by atoms with Gasteiger partial charge in [0.2, 0.25) is 0 Å². The van der Waals surface area contributed by atoms with Gasteiger partial charge in [-0.05, 0) is 43.7 Å². The van der Waals surface area contributed by atoms with E-state index in [4.69, 9.17) is 15.2 Å². The van der Waals surface area contributed by atoms with Crippen molar-refractivity contribution >= 4 is 11.5 Å². The van der Waals surface area contributed by atoms with Crippen LogP contribution in [0.1, 0.15) is 12.5 Å². The number of imidazole rings is 1. The zero-order chi connectivity index (χ0) is 19.7. The third kappa shape index (κ3) is 3.22. The predicted molar refractivity (Wildman–Crippen MR) is 109 cm³/mol. The highest BCUT2D eigenvalue weighted by Crippen LogP contribution is 2.33. The lowest BCUT2D eigenvalue weighted by Crippen LogP contribution is -1.99. The van der Waals surface area contributed by atoms with Crippen molar-refractivity contribution in [3.63, 3.8) is 0 Å². The number of benzene rings is 1. The van der Waals surface area contributed by atoms with E-state index >= 15 is 0 Å². The molecule has 7 nitrogen and oxygen atoms in total. The SMILES string of the molecule is CCOc1ccc(-c2cn3cc(-c4cncc(C)c4)nc(N)c3n2)cc1OC. The standard InChI is InChI=1S/C21H21N5O2/c1-4-28-18-6-5-14(8-19(18)27-3)16-11-26-12-17(24-20(22)21(26)25-16)15-7-13(2)9-23-10-15/h5-12H,4H2,1-3H3,(H2,22,24). The van der Waals surface area contributed by atoms with E-state index in [1.165, 1.54) is 0 Å². The van der Waals surface area contributed by atoms with Crippen molar-refractivity contribution in [3.05, 3.63) is 54.6 Å². The molecule has 0 atom stereocenters. The minimum atomic E-state index is 0.364. The zero-order valence-electron chi connectivity index (χ0n) is 16.0. The second kappa shape index (κ2) is 7.19. The van der Waals surface area contributed by atoms with Crippen molar-refractivity contribution in [2.75, 3.05) is 19.5 Å². The van der Waals surface area contributed by atoms with Gasteiger partial charge in [-0.2, -0.15) is 0 Å². The van der Waals surface area contributed by atoms with E-state index in [1.54, 1.807) is 19.5 Å². The van der Waals surface area contributed by atoms with Gasteiger partial charge in [-0.15, -0.1) is 0 Å². The molecule has 0 aliphatic rings. The Morgan fingerprint density at radius 2 is 1.79 bits per heavy atom. The molecule has 28 heavy (non-hydrogen) atoms. The van der Waals surface area contributed by atoms with Crippen LogP contribution in [0, 0.1) is 6.92 Å². The zero-order valence-corrected chi connectivity index (χ0v) is 16.0. The van der Waals surface area contributed by atoms with Crippen molar-refractivity contribution in [3.8, 4) is 34.0 Å². The lowest BCUT2D eigenvalue weighted by Gasteiger charge is -2.09. The van der Waals surface area contributed by atoms with Gasteiger partial charge in [0.15, 0.2) is 23.0 Å². The van der Waals surface area contributed by atoms with E-state index in [9.17, 15) is 0 Å². The number of aryl methyl sites for hydroxylation is 1. The van der Waals surface area contributed by atoms with Gasteiger partial charge in [-0.25, -0.2) is 9.97 Å². The summed E-state index contributed by atoms with van der Waals surface area (Å²) in [4.78, 5) is 13.4. The molecule has 3 heterocycles.